The highest BCUT2D eigenvalue weighted by molar-refractivity contribution is 5.65. The lowest BCUT2D eigenvalue weighted by atomic mass is 10.2. The lowest BCUT2D eigenvalue weighted by Gasteiger charge is -2.26. The van der Waals surface area contributed by atoms with Crippen LogP contribution in [0.5, 0.6) is 5.75 Å². The maximum atomic E-state index is 9.27. The summed E-state index contributed by atoms with van der Waals surface area (Å²) in [5.41, 5.74) is 1.02. The normalized spacial score (nSPS) is 14.8. The predicted octanol–water partition coefficient (Wildman–Crippen LogP) is 2.06. The second-order valence-electron chi connectivity index (χ2n) is 4.58. The summed E-state index contributed by atoms with van der Waals surface area (Å²) in [6.45, 7) is 2.62. The molecule has 1 aliphatic heterocycles. The Morgan fingerprint density at radius 2 is 2.05 bits per heavy atom. The molecular formula is C15H15N3O3. The van der Waals surface area contributed by atoms with Crippen LogP contribution in [0.1, 0.15) is 5.69 Å². The minimum absolute atomic E-state index is 0.290. The molecule has 0 saturated carbocycles. The molecular weight excluding hydrogens is 270 g/mol. The van der Waals surface area contributed by atoms with Gasteiger partial charge in [0, 0.05) is 13.1 Å². The van der Waals surface area contributed by atoms with Crippen molar-refractivity contribution in [2.75, 3.05) is 38.3 Å². The molecule has 1 aliphatic rings. The van der Waals surface area contributed by atoms with Gasteiger partial charge >= 0.3 is 0 Å². The monoisotopic (exact) mass is 285 g/mol. The number of rotatable bonds is 3. The first-order valence-electron chi connectivity index (χ1n) is 6.70. The number of para-hydroxylation sites is 1. The molecule has 6 nitrogen and oxygen atoms in total. The minimum Gasteiger partial charge on any atom is -0.496 e. The SMILES string of the molecule is COc1ccccc1-c1nc(C#N)c(N2CCOCC2)o1. The number of morpholine rings is 1. The molecule has 0 unspecified atom stereocenters. The van der Waals surface area contributed by atoms with Crippen LogP contribution in [-0.4, -0.2) is 38.4 Å². The Morgan fingerprint density at radius 3 is 2.76 bits per heavy atom. The van der Waals surface area contributed by atoms with Gasteiger partial charge in [0.2, 0.25) is 17.5 Å². The molecule has 0 atom stereocenters. The van der Waals surface area contributed by atoms with E-state index in [9.17, 15) is 5.26 Å². The number of nitriles is 1. The van der Waals surface area contributed by atoms with Gasteiger partial charge in [0.05, 0.1) is 25.9 Å². The highest BCUT2D eigenvalue weighted by Crippen LogP contribution is 2.33. The molecule has 1 aromatic heterocycles. The van der Waals surface area contributed by atoms with Gasteiger partial charge in [-0.15, -0.1) is 0 Å². The predicted molar refractivity (Wildman–Crippen MR) is 76.2 cm³/mol. The summed E-state index contributed by atoms with van der Waals surface area (Å²) in [6, 6.07) is 9.53. The van der Waals surface area contributed by atoms with Crippen LogP contribution < -0.4 is 9.64 Å². The minimum atomic E-state index is 0.290. The van der Waals surface area contributed by atoms with Crippen molar-refractivity contribution in [3.8, 4) is 23.3 Å². The first-order valence-corrected chi connectivity index (χ1v) is 6.70. The topological polar surface area (TPSA) is 71.5 Å². The largest absolute Gasteiger partial charge is 0.496 e. The molecule has 0 bridgehead atoms. The van der Waals surface area contributed by atoms with Gasteiger partial charge in [-0.3, -0.25) is 0 Å². The van der Waals surface area contributed by atoms with Gasteiger partial charge in [0.15, 0.2) is 0 Å². The number of aromatic nitrogens is 1. The van der Waals surface area contributed by atoms with E-state index in [2.05, 4.69) is 11.1 Å². The van der Waals surface area contributed by atoms with E-state index in [-0.39, 0.29) is 5.69 Å². The number of methoxy groups -OCH3 is 1. The van der Waals surface area contributed by atoms with Crippen molar-refractivity contribution < 1.29 is 13.9 Å². The standard InChI is InChI=1S/C15H15N3O3/c1-19-13-5-3-2-4-11(13)14-17-12(10-16)15(21-14)18-6-8-20-9-7-18/h2-5H,6-9H2,1H3. The van der Waals surface area contributed by atoms with Crippen molar-refractivity contribution in [2.24, 2.45) is 0 Å². The van der Waals surface area contributed by atoms with Crippen LogP contribution in [0.4, 0.5) is 5.88 Å². The average Bonchev–Trinajstić information content (AvgIpc) is 2.99. The third-order valence-corrected chi connectivity index (χ3v) is 3.35. The first-order chi connectivity index (χ1) is 10.3. The summed E-state index contributed by atoms with van der Waals surface area (Å²) >= 11 is 0. The van der Waals surface area contributed by atoms with Crippen LogP contribution in [0.2, 0.25) is 0 Å². The second kappa shape index (κ2) is 5.85. The van der Waals surface area contributed by atoms with E-state index in [1.807, 2.05) is 29.2 Å². The summed E-state index contributed by atoms with van der Waals surface area (Å²) < 4.78 is 16.5. The fourth-order valence-electron chi connectivity index (χ4n) is 2.30. The lowest BCUT2D eigenvalue weighted by molar-refractivity contribution is 0.121. The zero-order valence-electron chi connectivity index (χ0n) is 11.7. The number of anilines is 1. The molecule has 108 valence electrons. The molecule has 3 rings (SSSR count). The van der Waals surface area contributed by atoms with Crippen LogP contribution in [0.15, 0.2) is 28.7 Å². The van der Waals surface area contributed by atoms with E-state index >= 15 is 0 Å². The van der Waals surface area contributed by atoms with Gasteiger partial charge in [-0.2, -0.15) is 10.2 Å². The summed E-state index contributed by atoms with van der Waals surface area (Å²) in [5.74, 6) is 1.56. The van der Waals surface area contributed by atoms with Gasteiger partial charge < -0.3 is 18.8 Å². The highest BCUT2D eigenvalue weighted by atomic mass is 16.5. The van der Waals surface area contributed by atoms with Gasteiger partial charge in [-0.25, -0.2) is 0 Å². The van der Waals surface area contributed by atoms with Crippen LogP contribution in [-0.2, 0) is 4.74 Å². The quantitative estimate of drug-likeness (QED) is 0.859. The van der Waals surface area contributed by atoms with Crippen LogP contribution >= 0.6 is 0 Å². The van der Waals surface area contributed by atoms with Gasteiger partial charge in [-0.05, 0) is 12.1 Å². The number of hydrogen-bond donors (Lipinski definition) is 0. The highest BCUT2D eigenvalue weighted by Gasteiger charge is 2.23. The Hall–Kier alpha value is -2.52. The Balaban J connectivity index is 2.01. The molecule has 2 heterocycles. The fourth-order valence-corrected chi connectivity index (χ4v) is 2.30. The molecule has 0 spiro atoms. The third-order valence-electron chi connectivity index (χ3n) is 3.35. The average molecular weight is 285 g/mol. The summed E-state index contributed by atoms with van der Waals surface area (Å²) in [5, 5.41) is 9.27. The van der Waals surface area contributed by atoms with Crippen molar-refractivity contribution in [1.29, 1.82) is 5.26 Å². The first kappa shape index (κ1) is 13.5. The zero-order valence-corrected chi connectivity index (χ0v) is 11.7. The Morgan fingerprint density at radius 1 is 1.29 bits per heavy atom. The van der Waals surface area contributed by atoms with Gasteiger partial charge in [-0.1, -0.05) is 12.1 Å². The van der Waals surface area contributed by atoms with Crippen molar-refractivity contribution in [1.82, 2.24) is 4.98 Å². The maximum Gasteiger partial charge on any atom is 0.235 e. The van der Waals surface area contributed by atoms with Crippen molar-refractivity contribution >= 4 is 5.88 Å². The second-order valence-corrected chi connectivity index (χ2v) is 4.58. The lowest BCUT2D eigenvalue weighted by Crippen LogP contribution is -2.36. The molecule has 21 heavy (non-hydrogen) atoms. The van der Waals surface area contributed by atoms with Crippen molar-refractivity contribution in [3.63, 3.8) is 0 Å². The number of hydrogen-bond acceptors (Lipinski definition) is 6. The molecule has 6 heteroatoms. The molecule has 0 amide bonds. The smallest absolute Gasteiger partial charge is 0.235 e. The third kappa shape index (κ3) is 2.56. The summed E-state index contributed by atoms with van der Waals surface area (Å²) in [7, 11) is 1.59. The number of benzene rings is 1. The molecule has 0 N–H and O–H groups in total. The molecule has 2 aromatic rings. The molecule has 1 fully saturated rings. The van der Waals surface area contributed by atoms with E-state index in [1.165, 1.54) is 0 Å². The zero-order chi connectivity index (χ0) is 14.7. The van der Waals surface area contributed by atoms with Crippen LogP contribution in [0.3, 0.4) is 0 Å². The molecule has 1 aromatic carbocycles. The van der Waals surface area contributed by atoms with E-state index in [4.69, 9.17) is 13.9 Å². The number of oxazole rings is 1. The van der Waals surface area contributed by atoms with Crippen LogP contribution in [0.25, 0.3) is 11.5 Å². The molecule has 1 saturated heterocycles. The summed E-state index contributed by atoms with van der Waals surface area (Å²) in [6.07, 6.45) is 0. The molecule has 0 aliphatic carbocycles. The van der Waals surface area contributed by atoms with Crippen molar-refractivity contribution in [3.05, 3.63) is 30.0 Å². The van der Waals surface area contributed by atoms with Crippen molar-refractivity contribution in [2.45, 2.75) is 0 Å². The Bertz CT molecular complexity index is 669. The fraction of sp³-hybridized carbons (Fsp3) is 0.333. The van der Waals surface area contributed by atoms with Crippen LogP contribution in [0, 0.1) is 11.3 Å². The Labute approximate surface area is 122 Å². The van der Waals surface area contributed by atoms with Gasteiger partial charge in [0.25, 0.3) is 0 Å². The molecule has 0 radical (unpaired) electrons. The van der Waals surface area contributed by atoms with E-state index < -0.39 is 0 Å². The number of nitrogens with zero attached hydrogens (tertiary/aromatic N) is 3. The summed E-state index contributed by atoms with van der Waals surface area (Å²) in [4.78, 5) is 6.27. The van der Waals surface area contributed by atoms with Gasteiger partial charge in [0.1, 0.15) is 11.8 Å². The van der Waals surface area contributed by atoms with E-state index in [0.29, 0.717) is 43.8 Å². The van der Waals surface area contributed by atoms with E-state index in [0.717, 1.165) is 5.56 Å². The van der Waals surface area contributed by atoms with E-state index in [1.54, 1.807) is 7.11 Å². The Kier molecular flexibility index (Phi) is 3.75. The number of ether oxygens (including phenoxy) is 2. The maximum absolute atomic E-state index is 9.27.